The normalized spacial score (nSPS) is 14.5. The number of fused-ring (bicyclic) bond motifs is 1. The number of nitrogens with zero attached hydrogens (tertiary/aromatic N) is 1. The zero-order valence-electron chi connectivity index (χ0n) is 19.0. The Hall–Kier alpha value is -3.93. The molecule has 0 bridgehead atoms. The average molecular weight is 453 g/mol. The van der Waals surface area contributed by atoms with E-state index >= 15 is 0 Å². The molecule has 172 valence electrons. The predicted molar refractivity (Wildman–Crippen MR) is 136 cm³/mol. The Labute approximate surface area is 198 Å². The van der Waals surface area contributed by atoms with E-state index in [0.717, 1.165) is 53.5 Å². The molecule has 0 saturated heterocycles. The second kappa shape index (κ2) is 9.91. The van der Waals surface area contributed by atoms with Crippen LogP contribution in [0.15, 0.2) is 73.1 Å². The zero-order valence-corrected chi connectivity index (χ0v) is 19.0. The molecule has 6 heteroatoms. The van der Waals surface area contributed by atoms with Crippen molar-refractivity contribution < 1.29 is 9.59 Å². The third-order valence-corrected chi connectivity index (χ3v) is 6.49. The minimum Gasteiger partial charge on any atom is -0.355 e. The highest BCUT2D eigenvalue weighted by atomic mass is 16.2. The maximum Gasteiger partial charge on any atom is 0.255 e. The molecule has 2 aromatic heterocycles. The maximum absolute atomic E-state index is 12.6. The van der Waals surface area contributed by atoms with E-state index in [9.17, 15) is 9.59 Å². The van der Waals surface area contributed by atoms with Crippen LogP contribution in [0.1, 0.15) is 48.9 Å². The predicted octanol–water partition coefficient (Wildman–Crippen LogP) is 6.39. The van der Waals surface area contributed by atoms with Gasteiger partial charge in [0.15, 0.2) is 0 Å². The Morgan fingerprint density at radius 1 is 0.853 bits per heavy atom. The summed E-state index contributed by atoms with van der Waals surface area (Å²) in [5, 5.41) is 6.91. The van der Waals surface area contributed by atoms with Crippen LogP contribution in [0, 0.1) is 5.92 Å². The standard InChI is InChI=1S/C28H28N4O2/c33-27(20-6-3-1-2-4-7-20)30-23-12-9-19(10-13-23)26-17-22-16-21(11-14-25(22)32-26)28(34)31-24-8-5-15-29-18-24/h5,8-18,20,32H,1-4,6-7H2,(H,30,33)(H,31,34). The van der Waals surface area contributed by atoms with Crippen LogP contribution in [0.5, 0.6) is 0 Å². The summed E-state index contributed by atoms with van der Waals surface area (Å²) in [6.07, 6.45) is 10.0. The highest BCUT2D eigenvalue weighted by Crippen LogP contribution is 2.28. The molecule has 6 nitrogen and oxygen atoms in total. The molecule has 2 amide bonds. The minimum absolute atomic E-state index is 0.125. The van der Waals surface area contributed by atoms with E-state index in [1.807, 2.05) is 42.5 Å². The Bertz CT molecular complexity index is 1290. The van der Waals surface area contributed by atoms with Crippen molar-refractivity contribution in [2.24, 2.45) is 5.92 Å². The van der Waals surface area contributed by atoms with Crippen molar-refractivity contribution in [2.75, 3.05) is 10.6 Å². The van der Waals surface area contributed by atoms with Crippen LogP contribution in [-0.2, 0) is 4.79 Å². The summed E-state index contributed by atoms with van der Waals surface area (Å²) in [4.78, 5) is 32.7. The number of carbonyl (C=O) groups excluding carboxylic acids is 2. The summed E-state index contributed by atoms with van der Waals surface area (Å²) in [5.41, 5.74) is 5.00. The Morgan fingerprint density at radius 3 is 2.38 bits per heavy atom. The third-order valence-electron chi connectivity index (χ3n) is 6.49. The number of benzene rings is 2. The van der Waals surface area contributed by atoms with Gasteiger partial charge in [-0.1, -0.05) is 37.8 Å². The van der Waals surface area contributed by atoms with Gasteiger partial charge in [-0.15, -0.1) is 0 Å². The highest BCUT2D eigenvalue weighted by molar-refractivity contribution is 6.06. The first-order chi connectivity index (χ1) is 16.7. The zero-order chi connectivity index (χ0) is 23.3. The van der Waals surface area contributed by atoms with Crippen LogP contribution < -0.4 is 10.6 Å². The van der Waals surface area contributed by atoms with Crippen LogP contribution in [0.25, 0.3) is 22.2 Å². The number of hydrogen-bond acceptors (Lipinski definition) is 3. The third kappa shape index (κ3) is 5.01. The number of nitrogens with one attached hydrogen (secondary N) is 3. The topological polar surface area (TPSA) is 86.9 Å². The van der Waals surface area contributed by atoms with Gasteiger partial charge in [0.2, 0.25) is 5.91 Å². The molecule has 1 fully saturated rings. The summed E-state index contributed by atoms with van der Waals surface area (Å²) in [6.45, 7) is 0. The Morgan fingerprint density at radius 2 is 1.65 bits per heavy atom. The molecule has 2 heterocycles. The van der Waals surface area contributed by atoms with E-state index in [4.69, 9.17) is 0 Å². The van der Waals surface area contributed by atoms with Gasteiger partial charge in [-0.2, -0.15) is 0 Å². The van der Waals surface area contributed by atoms with Crippen molar-refractivity contribution >= 4 is 34.1 Å². The lowest BCUT2D eigenvalue weighted by Gasteiger charge is -2.14. The van der Waals surface area contributed by atoms with Gasteiger partial charge in [0.25, 0.3) is 5.91 Å². The van der Waals surface area contributed by atoms with Crippen LogP contribution in [0.3, 0.4) is 0 Å². The van der Waals surface area contributed by atoms with Crippen molar-refractivity contribution in [1.82, 2.24) is 9.97 Å². The lowest BCUT2D eigenvalue weighted by atomic mass is 9.99. The number of pyridine rings is 1. The number of aromatic amines is 1. The SMILES string of the molecule is O=C(Nc1cccnc1)c1ccc2[nH]c(-c3ccc(NC(=O)C4CCCCCC4)cc3)cc2c1. The van der Waals surface area contributed by atoms with E-state index < -0.39 is 0 Å². The van der Waals surface area contributed by atoms with E-state index in [1.54, 1.807) is 30.6 Å². The van der Waals surface area contributed by atoms with Crippen molar-refractivity contribution in [3.05, 3.63) is 78.6 Å². The molecule has 0 radical (unpaired) electrons. The van der Waals surface area contributed by atoms with E-state index in [0.29, 0.717) is 11.3 Å². The van der Waals surface area contributed by atoms with Crippen LogP contribution in [0.4, 0.5) is 11.4 Å². The largest absolute Gasteiger partial charge is 0.355 e. The van der Waals surface area contributed by atoms with Gasteiger partial charge in [-0.3, -0.25) is 14.6 Å². The van der Waals surface area contributed by atoms with E-state index in [2.05, 4.69) is 20.6 Å². The van der Waals surface area contributed by atoms with E-state index in [-0.39, 0.29) is 17.7 Å². The van der Waals surface area contributed by atoms with Crippen LogP contribution in [0.2, 0.25) is 0 Å². The molecule has 1 aliphatic carbocycles. The Balaban J connectivity index is 1.28. The number of hydrogen-bond donors (Lipinski definition) is 3. The van der Waals surface area contributed by atoms with Gasteiger partial charge in [0, 0.05) is 40.0 Å². The minimum atomic E-state index is -0.175. The molecule has 34 heavy (non-hydrogen) atoms. The van der Waals surface area contributed by atoms with Gasteiger partial charge in [-0.25, -0.2) is 0 Å². The number of anilines is 2. The second-order valence-electron chi connectivity index (χ2n) is 8.94. The van der Waals surface area contributed by atoms with Crippen molar-refractivity contribution in [3.63, 3.8) is 0 Å². The molecule has 3 N–H and O–H groups in total. The lowest BCUT2D eigenvalue weighted by Crippen LogP contribution is -2.22. The van der Waals surface area contributed by atoms with Gasteiger partial charge in [0.1, 0.15) is 0 Å². The quantitative estimate of drug-likeness (QED) is 0.307. The van der Waals surface area contributed by atoms with Gasteiger partial charge >= 0.3 is 0 Å². The maximum atomic E-state index is 12.6. The summed E-state index contributed by atoms with van der Waals surface area (Å²) in [7, 11) is 0. The fraction of sp³-hybridized carbons (Fsp3) is 0.250. The first kappa shape index (κ1) is 21.9. The van der Waals surface area contributed by atoms with Crippen molar-refractivity contribution in [2.45, 2.75) is 38.5 Å². The molecular weight excluding hydrogens is 424 g/mol. The summed E-state index contributed by atoms with van der Waals surface area (Å²) in [6, 6.07) is 19.1. The molecule has 2 aromatic carbocycles. The fourth-order valence-electron chi connectivity index (χ4n) is 4.59. The molecular formula is C28H28N4O2. The molecule has 5 rings (SSSR count). The second-order valence-corrected chi connectivity index (χ2v) is 8.94. The molecule has 0 spiro atoms. The number of amides is 2. The Kier molecular flexibility index (Phi) is 6.38. The molecule has 0 aliphatic heterocycles. The summed E-state index contributed by atoms with van der Waals surface area (Å²) < 4.78 is 0. The molecule has 1 aliphatic rings. The van der Waals surface area contributed by atoms with Gasteiger partial charge in [-0.05, 0) is 66.9 Å². The first-order valence-corrected chi connectivity index (χ1v) is 11.9. The number of rotatable bonds is 5. The molecule has 1 saturated carbocycles. The molecule has 4 aromatic rings. The van der Waals surface area contributed by atoms with Crippen molar-refractivity contribution in [3.8, 4) is 11.3 Å². The molecule has 0 atom stereocenters. The average Bonchev–Trinajstić information content (AvgIpc) is 3.09. The first-order valence-electron chi connectivity index (χ1n) is 11.9. The monoisotopic (exact) mass is 452 g/mol. The van der Waals surface area contributed by atoms with E-state index in [1.165, 1.54) is 12.8 Å². The van der Waals surface area contributed by atoms with Gasteiger partial charge in [0.05, 0.1) is 11.9 Å². The smallest absolute Gasteiger partial charge is 0.255 e. The lowest BCUT2D eigenvalue weighted by molar-refractivity contribution is -0.120. The van der Waals surface area contributed by atoms with Gasteiger partial charge < -0.3 is 15.6 Å². The highest BCUT2D eigenvalue weighted by Gasteiger charge is 2.20. The number of aromatic nitrogens is 2. The van der Waals surface area contributed by atoms with Crippen LogP contribution >= 0.6 is 0 Å². The molecule has 0 unspecified atom stereocenters. The summed E-state index contributed by atoms with van der Waals surface area (Å²) >= 11 is 0. The number of carbonyl (C=O) groups is 2. The number of H-pyrrole nitrogens is 1. The van der Waals surface area contributed by atoms with Crippen LogP contribution in [-0.4, -0.2) is 21.8 Å². The fourth-order valence-corrected chi connectivity index (χ4v) is 4.59. The summed E-state index contributed by atoms with van der Waals surface area (Å²) in [5.74, 6) is 0.0872. The van der Waals surface area contributed by atoms with Crippen molar-refractivity contribution in [1.29, 1.82) is 0 Å².